The number of halogens is 3. The molecule has 0 spiro atoms. The van der Waals surface area contributed by atoms with Crippen LogP contribution in [-0.2, 0) is 6.42 Å². The Morgan fingerprint density at radius 1 is 0.964 bits per heavy atom. The lowest BCUT2D eigenvalue weighted by atomic mass is 10.0. The lowest BCUT2D eigenvalue weighted by Crippen LogP contribution is -1.95. The first-order valence-corrected chi connectivity index (χ1v) is 9.16. The van der Waals surface area contributed by atoms with Crippen molar-refractivity contribution in [3.05, 3.63) is 89.8 Å². The first-order valence-electron chi connectivity index (χ1n) is 9.16. The maximum atomic E-state index is 14.7. The van der Waals surface area contributed by atoms with Crippen molar-refractivity contribution in [3.63, 3.8) is 0 Å². The standard InChI is InChI=1S/C24H21F3O/c1-3-5-6-16-7-9-17(10-8-16)22(25)23(26)19-11-13-20-18(15-19)12-14-21(24(20)27)28-4-2/h3,7-15H,1,4-6H2,2H3. The van der Waals surface area contributed by atoms with E-state index in [1.807, 2.05) is 6.08 Å². The minimum atomic E-state index is -0.977. The summed E-state index contributed by atoms with van der Waals surface area (Å²) in [5, 5.41) is 0.774. The maximum Gasteiger partial charge on any atom is 0.172 e. The SMILES string of the molecule is C=CCCc1ccc(C(F)=C(F)c2ccc3c(F)c(OCC)ccc3c2)cc1. The van der Waals surface area contributed by atoms with Gasteiger partial charge in [0.1, 0.15) is 0 Å². The summed E-state index contributed by atoms with van der Waals surface area (Å²) in [7, 11) is 0. The molecule has 1 nitrogen and oxygen atoms in total. The molecule has 0 heterocycles. The second kappa shape index (κ2) is 8.79. The first kappa shape index (κ1) is 19.7. The van der Waals surface area contributed by atoms with Gasteiger partial charge in [0.15, 0.2) is 23.2 Å². The number of ether oxygens (including phenoxy) is 1. The van der Waals surface area contributed by atoms with Gasteiger partial charge in [-0.05, 0) is 42.8 Å². The topological polar surface area (TPSA) is 9.23 Å². The Labute approximate surface area is 162 Å². The van der Waals surface area contributed by atoms with E-state index in [1.54, 1.807) is 37.3 Å². The molecule has 0 radical (unpaired) electrons. The number of hydrogen-bond acceptors (Lipinski definition) is 1. The molecule has 3 aromatic carbocycles. The predicted molar refractivity (Wildman–Crippen MR) is 109 cm³/mol. The summed E-state index contributed by atoms with van der Waals surface area (Å²) < 4.78 is 49.0. The van der Waals surface area contributed by atoms with Crippen LogP contribution in [0.15, 0.2) is 67.3 Å². The molecule has 144 valence electrons. The van der Waals surface area contributed by atoms with Gasteiger partial charge >= 0.3 is 0 Å². The summed E-state index contributed by atoms with van der Waals surface area (Å²) in [5.41, 5.74) is 1.25. The third-order valence-corrected chi connectivity index (χ3v) is 4.51. The van der Waals surface area contributed by atoms with Crippen LogP contribution in [0.2, 0.25) is 0 Å². The zero-order chi connectivity index (χ0) is 20.1. The monoisotopic (exact) mass is 382 g/mol. The van der Waals surface area contributed by atoms with Gasteiger partial charge in [-0.1, -0.05) is 48.5 Å². The number of fused-ring (bicyclic) bond motifs is 1. The summed E-state index contributed by atoms with van der Waals surface area (Å²) in [6, 6.07) is 14.0. The van der Waals surface area contributed by atoms with Crippen LogP contribution < -0.4 is 4.74 Å². The fourth-order valence-electron chi connectivity index (χ4n) is 3.02. The lowest BCUT2D eigenvalue weighted by Gasteiger charge is -2.09. The molecule has 0 amide bonds. The smallest absolute Gasteiger partial charge is 0.172 e. The van der Waals surface area contributed by atoms with Gasteiger partial charge in [-0.25, -0.2) is 13.2 Å². The van der Waals surface area contributed by atoms with E-state index in [9.17, 15) is 13.2 Å². The molecule has 0 aromatic heterocycles. The van der Waals surface area contributed by atoms with Crippen molar-refractivity contribution >= 4 is 22.4 Å². The largest absolute Gasteiger partial charge is 0.491 e. The van der Waals surface area contributed by atoms with Crippen LogP contribution in [0.3, 0.4) is 0 Å². The minimum absolute atomic E-state index is 0.0595. The third kappa shape index (κ3) is 4.11. The van der Waals surface area contributed by atoms with Crippen molar-refractivity contribution in [2.75, 3.05) is 6.61 Å². The van der Waals surface area contributed by atoms with E-state index in [0.29, 0.717) is 17.4 Å². The summed E-state index contributed by atoms with van der Waals surface area (Å²) in [6.07, 6.45) is 3.44. The molecule has 0 fully saturated rings. The molecule has 0 bridgehead atoms. The zero-order valence-electron chi connectivity index (χ0n) is 15.6. The van der Waals surface area contributed by atoms with Crippen molar-refractivity contribution in [1.29, 1.82) is 0 Å². The summed E-state index contributed by atoms with van der Waals surface area (Å²) in [6.45, 7) is 5.78. The molecule has 0 unspecified atom stereocenters. The van der Waals surface area contributed by atoms with Crippen LogP contribution in [0.1, 0.15) is 30.0 Å². The van der Waals surface area contributed by atoms with Crippen LogP contribution >= 0.6 is 0 Å². The second-order valence-corrected chi connectivity index (χ2v) is 6.40. The van der Waals surface area contributed by atoms with E-state index >= 15 is 0 Å². The average molecular weight is 382 g/mol. The van der Waals surface area contributed by atoms with Crippen LogP contribution in [0, 0.1) is 5.82 Å². The van der Waals surface area contributed by atoms with Crippen LogP contribution in [0.5, 0.6) is 5.75 Å². The molecule has 0 aliphatic heterocycles. The Morgan fingerprint density at radius 3 is 2.32 bits per heavy atom. The van der Waals surface area contributed by atoms with Gasteiger partial charge < -0.3 is 4.74 Å². The molecule has 3 rings (SSSR count). The minimum Gasteiger partial charge on any atom is -0.491 e. The summed E-state index contributed by atoms with van der Waals surface area (Å²) in [4.78, 5) is 0. The van der Waals surface area contributed by atoms with Gasteiger partial charge in [-0.3, -0.25) is 0 Å². The number of aryl methyl sites for hydroxylation is 1. The first-order chi connectivity index (χ1) is 13.5. The predicted octanol–water partition coefficient (Wildman–Crippen LogP) is 7.26. The number of rotatable bonds is 7. The average Bonchev–Trinajstić information content (AvgIpc) is 2.73. The Kier molecular flexibility index (Phi) is 6.19. The van der Waals surface area contributed by atoms with E-state index in [4.69, 9.17) is 4.74 Å². The van der Waals surface area contributed by atoms with Gasteiger partial charge in [-0.15, -0.1) is 6.58 Å². The van der Waals surface area contributed by atoms with Gasteiger partial charge in [0, 0.05) is 16.5 Å². The molecule has 0 saturated heterocycles. The summed E-state index contributed by atoms with van der Waals surface area (Å²) >= 11 is 0. The molecule has 4 heteroatoms. The quantitative estimate of drug-likeness (QED) is 0.309. The third-order valence-electron chi connectivity index (χ3n) is 4.51. The molecule has 0 N–H and O–H groups in total. The fraction of sp³-hybridized carbons (Fsp3) is 0.167. The lowest BCUT2D eigenvalue weighted by molar-refractivity contribution is 0.323. The van der Waals surface area contributed by atoms with Gasteiger partial charge in [0.05, 0.1) is 6.61 Å². The Bertz CT molecular complexity index is 1020. The van der Waals surface area contributed by atoms with E-state index in [-0.39, 0.29) is 16.9 Å². The highest BCUT2D eigenvalue weighted by atomic mass is 19.2. The van der Waals surface area contributed by atoms with Crippen molar-refractivity contribution in [2.24, 2.45) is 0 Å². The van der Waals surface area contributed by atoms with Gasteiger partial charge in [0.2, 0.25) is 0 Å². The van der Waals surface area contributed by atoms with E-state index in [0.717, 1.165) is 18.4 Å². The summed E-state index contributed by atoms with van der Waals surface area (Å²) in [5.74, 6) is -2.29. The van der Waals surface area contributed by atoms with Crippen LogP contribution in [-0.4, -0.2) is 6.61 Å². The van der Waals surface area contributed by atoms with Crippen molar-refractivity contribution in [2.45, 2.75) is 19.8 Å². The fourth-order valence-corrected chi connectivity index (χ4v) is 3.02. The van der Waals surface area contributed by atoms with Crippen LogP contribution in [0.4, 0.5) is 13.2 Å². The second-order valence-electron chi connectivity index (χ2n) is 6.40. The van der Waals surface area contributed by atoms with Gasteiger partial charge in [0.25, 0.3) is 0 Å². The highest BCUT2D eigenvalue weighted by molar-refractivity contribution is 5.91. The number of benzene rings is 3. The molecule has 0 aliphatic rings. The Balaban J connectivity index is 1.93. The molecule has 3 aromatic rings. The molecular weight excluding hydrogens is 361 g/mol. The molecule has 0 saturated carbocycles. The molecule has 0 aliphatic carbocycles. The van der Waals surface area contributed by atoms with E-state index in [2.05, 4.69) is 6.58 Å². The molecular formula is C24H21F3O. The van der Waals surface area contributed by atoms with Crippen molar-refractivity contribution < 1.29 is 17.9 Å². The highest BCUT2D eigenvalue weighted by Crippen LogP contribution is 2.33. The van der Waals surface area contributed by atoms with Crippen LogP contribution in [0.25, 0.3) is 22.4 Å². The Hall–Kier alpha value is -3.01. The molecule has 0 atom stereocenters. The zero-order valence-corrected chi connectivity index (χ0v) is 15.6. The van der Waals surface area contributed by atoms with Gasteiger partial charge in [-0.2, -0.15) is 0 Å². The van der Waals surface area contributed by atoms with E-state index < -0.39 is 17.5 Å². The van der Waals surface area contributed by atoms with Crippen molar-refractivity contribution in [3.8, 4) is 5.75 Å². The molecule has 28 heavy (non-hydrogen) atoms. The highest BCUT2D eigenvalue weighted by Gasteiger charge is 2.14. The number of allylic oxidation sites excluding steroid dienone is 1. The van der Waals surface area contributed by atoms with Crippen molar-refractivity contribution in [1.82, 2.24) is 0 Å². The normalized spacial score (nSPS) is 12.0. The maximum absolute atomic E-state index is 14.7. The Morgan fingerprint density at radius 2 is 1.64 bits per heavy atom. The number of hydrogen-bond donors (Lipinski definition) is 0. The van der Waals surface area contributed by atoms with E-state index in [1.165, 1.54) is 24.3 Å².